The van der Waals surface area contributed by atoms with Crippen molar-refractivity contribution in [2.75, 3.05) is 0 Å². The molecule has 0 bridgehead atoms. The zero-order chi connectivity index (χ0) is 22.7. The van der Waals surface area contributed by atoms with E-state index >= 15 is 0 Å². The Morgan fingerprint density at radius 1 is 1.09 bits per heavy atom. The van der Waals surface area contributed by atoms with E-state index in [0.29, 0.717) is 16.3 Å². The molecule has 0 aliphatic rings. The highest BCUT2D eigenvalue weighted by Crippen LogP contribution is 2.15. The van der Waals surface area contributed by atoms with Gasteiger partial charge in [0.1, 0.15) is 17.3 Å². The smallest absolute Gasteiger partial charge is 0.287 e. The molecule has 3 aromatic heterocycles. The van der Waals surface area contributed by atoms with Gasteiger partial charge in [0.2, 0.25) is 0 Å². The number of carbonyl (C=O) groups excluding carboxylic acids is 2. The summed E-state index contributed by atoms with van der Waals surface area (Å²) in [4.78, 5) is 30.4. The van der Waals surface area contributed by atoms with Gasteiger partial charge in [-0.15, -0.1) is 11.3 Å². The third-order valence-electron chi connectivity index (χ3n) is 4.89. The molecule has 0 fully saturated rings. The average molecular weight is 453 g/mol. The predicted molar refractivity (Wildman–Crippen MR) is 116 cm³/mol. The van der Waals surface area contributed by atoms with Crippen LogP contribution in [0, 0.1) is 19.7 Å². The first-order valence-electron chi connectivity index (χ1n) is 9.82. The lowest BCUT2D eigenvalue weighted by atomic mass is 10.2. The molecule has 7 nitrogen and oxygen atoms in total. The molecule has 1 aromatic carbocycles. The summed E-state index contributed by atoms with van der Waals surface area (Å²) in [5.74, 6) is -0.317. The number of nitrogens with zero attached hydrogens (tertiary/aromatic N) is 2. The fourth-order valence-electron chi connectivity index (χ4n) is 3.06. The number of amides is 2. The molecule has 0 aliphatic carbocycles. The van der Waals surface area contributed by atoms with Crippen LogP contribution in [-0.2, 0) is 13.1 Å². The molecule has 4 rings (SSSR count). The van der Waals surface area contributed by atoms with Crippen LogP contribution in [0.4, 0.5) is 4.39 Å². The summed E-state index contributed by atoms with van der Waals surface area (Å²) in [6, 6.07) is 12.5. The fourth-order valence-corrected chi connectivity index (χ4v) is 4.03. The van der Waals surface area contributed by atoms with E-state index in [1.807, 2.05) is 18.4 Å². The summed E-state index contributed by atoms with van der Waals surface area (Å²) >= 11 is 1.33. The van der Waals surface area contributed by atoms with Crippen molar-refractivity contribution in [3.63, 3.8) is 0 Å². The maximum atomic E-state index is 14.0. The van der Waals surface area contributed by atoms with E-state index in [2.05, 4.69) is 10.3 Å². The number of nitrogens with one attached hydrogen (secondary N) is 1. The number of aromatic nitrogens is 1. The number of hydrogen-bond acceptors (Lipinski definition) is 5. The first kappa shape index (κ1) is 21.5. The van der Waals surface area contributed by atoms with Gasteiger partial charge < -0.3 is 18.7 Å². The number of thiazole rings is 1. The van der Waals surface area contributed by atoms with Crippen molar-refractivity contribution < 1.29 is 22.8 Å². The van der Waals surface area contributed by atoms with Crippen molar-refractivity contribution in [2.24, 2.45) is 4.99 Å². The van der Waals surface area contributed by atoms with Crippen molar-refractivity contribution in [2.45, 2.75) is 26.9 Å². The molecule has 32 heavy (non-hydrogen) atoms. The van der Waals surface area contributed by atoms with Crippen LogP contribution in [0.25, 0.3) is 0 Å². The summed E-state index contributed by atoms with van der Waals surface area (Å²) in [6.45, 7) is 4.34. The Hall–Kier alpha value is -3.72. The quantitative estimate of drug-likeness (QED) is 0.474. The highest BCUT2D eigenvalue weighted by molar-refractivity contribution is 7.09. The SMILES string of the molecule is Cc1sc(=NC(=O)c2ccccc2F)n(Cc2ccc(C(=O)NCc3ccco3)o2)c1C. The minimum Gasteiger partial charge on any atom is -0.467 e. The van der Waals surface area contributed by atoms with E-state index in [-0.39, 0.29) is 30.3 Å². The third kappa shape index (κ3) is 4.62. The second-order valence-electron chi connectivity index (χ2n) is 7.04. The van der Waals surface area contributed by atoms with Gasteiger partial charge in [-0.25, -0.2) is 4.39 Å². The Bertz CT molecular complexity index is 1330. The molecular formula is C23H20FN3O4S. The highest BCUT2D eigenvalue weighted by Gasteiger charge is 2.16. The largest absolute Gasteiger partial charge is 0.467 e. The lowest BCUT2D eigenvalue weighted by Gasteiger charge is -2.05. The van der Waals surface area contributed by atoms with E-state index in [4.69, 9.17) is 8.83 Å². The molecule has 0 atom stereocenters. The van der Waals surface area contributed by atoms with E-state index in [1.165, 1.54) is 35.8 Å². The van der Waals surface area contributed by atoms with E-state index in [0.717, 1.165) is 10.6 Å². The normalized spacial score (nSPS) is 11.7. The van der Waals surface area contributed by atoms with Crippen molar-refractivity contribution in [1.82, 2.24) is 9.88 Å². The van der Waals surface area contributed by atoms with Gasteiger partial charge in [-0.2, -0.15) is 4.99 Å². The van der Waals surface area contributed by atoms with Crippen LogP contribution >= 0.6 is 11.3 Å². The molecule has 0 unspecified atom stereocenters. The topological polar surface area (TPSA) is 89.7 Å². The fraction of sp³-hybridized carbons (Fsp3) is 0.174. The Labute approximate surface area is 186 Å². The minimum atomic E-state index is -0.657. The number of halogens is 1. The minimum absolute atomic E-state index is 0.0868. The summed E-state index contributed by atoms with van der Waals surface area (Å²) in [5.41, 5.74) is 0.812. The second kappa shape index (κ2) is 9.19. The van der Waals surface area contributed by atoms with Gasteiger partial charge in [-0.1, -0.05) is 12.1 Å². The zero-order valence-electron chi connectivity index (χ0n) is 17.4. The standard InChI is InChI=1S/C23H20FN3O4S/c1-14-15(2)32-23(26-21(28)18-7-3-4-8-19(18)24)27(14)13-17-9-10-20(31-17)22(29)25-12-16-6-5-11-30-16/h3-11H,12-13H2,1-2H3,(H,25,29). The van der Waals surface area contributed by atoms with Gasteiger partial charge in [0.25, 0.3) is 11.8 Å². The van der Waals surface area contributed by atoms with Crippen LogP contribution in [0.3, 0.4) is 0 Å². The van der Waals surface area contributed by atoms with Gasteiger partial charge in [0.15, 0.2) is 10.6 Å². The maximum absolute atomic E-state index is 14.0. The van der Waals surface area contributed by atoms with Gasteiger partial charge in [0, 0.05) is 10.6 Å². The van der Waals surface area contributed by atoms with Crippen LogP contribution in [-0.4, -0.2) is 16.4 Å². The molecule has 3 heterocycles. The molecule has 0 radical (unpaired) electrons. The molecule has 164 valence electrons. The summed E-state index contributed by atoms with van der Waals surface area (Å²) in [7, 11) is 0. The molecule has 9 heteroatoms. The van der Waals surface area contributed by atoms with E-state index in [1.54, 1.807) is 30.3 Å². The molecule has 0 spiro atoms. The van der Waals surface area contributed by atoms with Crippen molar-refractivity contribution in [1.29, 1.82) is 0 Å². The van der Waals surface area contributed by atoms with Gasteiger partial charge in [0.05, 0.1) is 24.9 Å². The van der Waals surface area contributed by atoms with Crippen molar-refractivity contribution in [3.8, 4) is 0 Å². The predicted octanol–water partition coefficient (Wildman–Crippen LogP) is 4.21. The van der Waals surface area contributed by atoms with E-state index < -0.39 is 11.7 Å². The molecule has 4 aromatic rings. The molecular weight excluding hydrogens is 433 g/mol. The van der Waals surface area contributed by atoms with E-state index in [9.17, 15) is 14.0 Å². The highest BCUT2D eigenvalue weighted by atomic mass is 32.1. The number of rotatable bonds is 6. The lowest BCUT2D eigenvalue weighted by molar-refractivity contribution is 0.0917. The third-order valence-corrected chi connectivity index (χ3v) is 5.99. The van der Waals surface area contributed by atoms with Crippen LogP contribution in [0.2, 0.25) is 0 Å². The Kier molecular flexibility index (Phi) is 6.18. The Morgan fingerprint density at radius 3 is 2.66 bits per heavy atom. The van der Waals surface area contributed by atoms with Gasteiger partial charge in [-0.05, 0) is 50.2 Å². The van der Waals surface area contributed by atoms with Crippen LogP contribution < -0.4 is 10.1 Å². The molecule has 2 amide bonds. The average Bonchev–Trinajstić information content (AvgIpc) is 3.51. The first-order valence-corrected chi connectivity index (χ1v) is 10.6. The summed E-state index contributed by atoms with van der Waals surface area (Å²) in [5, 5.41) is 2.73. The monoisotopic (exact) mass is 453 g/mol. The molecule has 0 saturated carbocycles. The Balaban J connectivity index is 1.54. The second-order valence-corrected chi connectivity index (χ2v) is 8.22. The summed E-state index contributed by atoms with van der Waals surface area (Å²) in [6.07, 6.45) is 1.54. The molecule has 0 saturated heterocycles. The van der Waals surface area contributed by atoms with Crippen LogP contribution in [0.15, 0.2) is 68.6 Å². The molecule has 0 aliphatic heterocycles. The van der Waals surface area contributed by atoms with Crippen molar-refractivity contribution in [3.05, 3.63) is 98.8 Å². The van der Waals surface area contributed by atoms with Gasteiger partial charge >= 0.3 is 0 Å². The number of carbonyl (C=O) groups is 2. The number of benzene rings is 1. The van der Waals surface area contributed by atoms with Gasteiger partial charge in [-0.3, -0.25) is 9.59 Å². The first-order chi connectivity index (χ1) is 15.4. The summed E-state index contributed by atoms with van der Waals surface area (Å²) < 4.78 is 26.7. The maximum Gasteiger partial charge on any atom is 0.287 e. The number of aryl methyl sites for hydroxylation is 1. The molecule has 1 N–H and O–H groups in total. The zero-order valence-corrected chi connectivity index (χ0v) is 18.2. The van der Waals surface area contributed by atoms with Crippen LogP contribution in [0.5, 0.6) is 0 Å². The van der Waals surface area contributed by atoms with Crippen LogP contribution in [0.1, 0.15) is 43.0 Å². The number of furan rings is 2. The Morgan fingerprint density at radius 2 is 1.91 bits per heavy atom. The van der Waals surface area contributed by atoms with Crippen molar-refractivity contribution >= 4 is 23.2 Å². The lowest BCUT2D eigenvalue weighted by Crippen LogP contribution is -2.22. The number of hydrogen-bond donors (Lipinski definition) is 1.